The highest BCUT2D eigenvalue weighted by Crippen LogP contribution is 2.12. The van der Waals surface area contributed by atoms with Crippen LogP contribution in [0.25, 0.3) is 0 Å². The lowest BCUT2D eigenvalue weighted by molar-refractivity contribution is -0.384. The molecule has 2 aromatic rings. The van der Waals surface area contributed by atoms with Gasteiger partial charge in [-0.15, -0.1) is 0 Å². The summed E-state index contributed by atoms with van der Waals surface area (Å²) < 4.78 is 0. The van der Waals surface area contributed by atoms with Crippen molar-refractivity contribution in [2.24, 2.45) is 0 Å². The normalized spacial score (nSPS) is 12.1. The molecule has 1 aromatic carbocycles. The van der Waals surface area contributed by atoms with Crippen molar-refractivity contribution in [3.8, 4) is 0 Å². The van der Waals surface area contributed by atoms with E-state index in [0.717, 1.165) is 24.2 Å². The third-order valence-electron chi connectivity index (χ3n) is 3.14. The first-order chi connectivity index (χ1) is 9.66. The number of pyridine rings is 1. The lowest BCUT2D eigenvalue weighted by Gasteiger charge is -2.12. The highest BCUT2D eigenvalue weighted by Gasteiger charge is 2.06. The van der Waals surface area contributed by atoms with Crippen LogP contribution in [0.4, 0.5) is 5.69 Å². The molecule has 1 aromatic heterocycles. The number of rotatable bonds is 6. The summed E-state index contributed by atoms with van der Waals surface area (Å²) in [6, 6.07) is 12.7. The molecule has 1 N–H and O–H groups in total. The first-order valence-electron chi connectivity index (χ1n) is 6.54. The Labute approximate surface area is 117 Å². The van der Waals surface area contributed by atoms with Crippen molar-refractivity contribution in [3.05, 3.63) is 70.0 Å². The summed E-state index contributed by atoms with van der Waals surface area (Å²) in [6.45, 7) is 2.87. The highest BCUT2D eigenvalue weighted by molar-refractivity contribution is 5.32. The second kappa shape index (κ2) is 6.77. The molecule has 20 heavy (non-hydrogen) atoms. The van der Waals surface area contributed by atoms with Gasteiger partial charge in [-0.25, -0.2) is 0 Å². The fourth-order valence-corrected chi connectivity index (χ4v) is 1.95. The molecule has 0 bridgehead atoms. The summed E-state index contributed by atoms with van der Waals surface area (Å²) in [5, 5.41) is 13.9. The molecular formula is C15H17N3O2. The maximum absolute atomic E-state index is 10.6. The smallest absolute Gasteiger partial charge is 0.269 e. The fourth-order valence-electron chi connectivity index (χ4n) is 1.95. The van der Waals surface area contributed by atoms with Crippen molar-refractivity contribution < 1.29 is 4.92 Å². The Hall–Kier alpha value is -2.27. The minimum absolute atomic E-state index is 0.128. The van der Waals surface area contributed by atoms with Gasteiger partial charge in [0.2, 0.25) is 0 Å². The minimum Gasteiger partial charge on any atom is -0.309 e. The molecule has 0 amide bonds. The van der Waals surface area contributed by atoms with Gasteiger partial charge in [0.15, 0.2) is 0 Å². The summed E-state index contributed by atoms with van der Waals surface area (Å²) in [5.74, 6) is 0. The van der Waals surface area contributed by atoms with Crippen molar-refractivity contribution in [3.63, 3.8) is 0 Å². The Balaban J connectivity index is 1.82. The SMILES string of the molecule is C[C@@H](NCCc1ccc([N+](=O)[O-])cc1)c1ccccn1. The van der Waals surface area contributed by atoms with E-state index < -0.39 is 0 Å². The number of nitrogens with zero attached hydrogens (tertiary/aromatic N) is 2. The van der Waals surface area contributed by atoms with Crippen LogP contribution in [0.2, 0.25) is 0 Å². The number of nitrogens with one attached hydrogen (secondary N) is 1. The van der Waals surface area contributed by atoms with Crippen LogP contribution in [-0.2, 0) is 6.42 Å². The third-order valence-corrected chi connectivity index (χ3v) is 3.14. The van der Waals surface area contributed by atoms with Crippen molar-refractivity contribution in [2.75, 3.05) is 6.54 Å². The van der Waals surface area contributed by atoms with Gasteiger partial charge in [-0.2, -0.15) is 0 Å². The van der Waals surface area contributed by atoms with Gasteiger partial charge in [-0.05, 0) is 37.6 Å². The van der Waals surface area contributed by atoms with Gasteiger partial charge >= 0.3 is 0 Å². The Kier molecular flexibility index (Phi) is 4.79. The number of hydrogen-bond donors (Lipinski definition) is 1. The van der Waals surface area contributed by atoms with Crippen LogP contribution in [-0.4, -0.2) is 16.5 Å². The molecule has 5 nitrogen and oxygen atoms in total. The van der Waals surface area contributed by atoms with Crippen molar-refractivity contribution >= 4 is 5.69 Å². The van der Waals surface area contributed by atoms with Crippen LogP contribution in [0, 0.1) is 10.1 Å². The van der Waals surface area contributed by atoms with Crippen LogP contribution in [0.3, 0.4) is 0 Å². The van der Waals surface area contributed by atoms with E-state index in [1.807, 2.05) is 18.2 Å². The highest BCUT2D eigenvalue weighted by atomic mass is 16.6. The molecule has 0 spiro atoms. The molecule has 2 rings (SSSR count). The number of hydrogen-bond acceptors (Lipinski definition) is 4. The Morgan fingerprint density at radius 1 is 1.25 bits per heavy atom. The van der Waals surface area contributed by atoms with Crippen LogP contribution >= 0.6 is 0 Å². The van der Waals surface area contributed by atoms with Gasteiger partial charge in [0.05, 0.1) is 10.6 Å². The van der Waals surface area contributed by atoms with Crippen molar-refractivity contribution in [1.29, 1.82) is 0 Å². The van der Waals surface area contributed by atoms with E-state index in [0.29, 0.717) is 0 Å². The van der Waals surface area contributed by atoms with Gasteiger partial charge in [-0.1, -0.05) is 18.2 Å². The minimum atomic E-state index is -0.384. The van der Waals surface area contributed by atoms with Gasteiger partial charge in [0.1, 0.15) is 0 Å². The Morgan fingerprint density at radius 2 is 2.00 bits per heavy atom. The standard InChI is InChI=1S/C15H17N3O2/c1-12(15-4-2-3-10-17-15)16-11-9-13-5-7-14(8-6-13)18(19)20/h2-8,10,12,16H,9,11H2,1H3/t12-/m1/s1. The van der Waals surface area contributed by atoms with Crippen molar-refractivity contribution in [1.82, 2.24) is 10.3 Å². The molecule has 1 heterocycles. The van der Waals surface area contributed by atoms with Crippen molar-refractivity contribution in [2.45, 2.75) is 19.4 Å². The average molecular weight is 271 g/mol. The molecule has 0 radical (unpaired) electrons. The molecule has 0 unspecified atom stereocenters. The quantitative estimate of drug-likeness (QED) is 0.648. The molecular weight excluding hydrogens is 254 g/mol. The summed E-state index contributed by atoms with van der Waals surface area (Å²) in [6.07, 6.45) is 2.61. The molecule has 0 fully saturated rings. The summed E-state index contributed by atoms with van der Waals surface area (Å²) >= 11 is 0. The molecule has 0 aliphatic carbocycles. The predicted molar refractivity (Wildman–Crippen MR) is 77.5 cm³/mol. The second-order valence-electron chi connectivity index (χ2n) is 4.60. The van der Waals surface area contributed by atoms with E-state index in [-0.39, 0.29) is 16.7 Å². The van der Waals surface area contributed by atoms with Crippen LogP contribution < -0.4 is 5.32 Å². The van der Waals surface area contributed by atoms with E-state index in [2.05, 4.69) is 17.2 Å². The van der Waals surface area contributed by atoms with Gasteiger partial charge < -0.3 is 5.32 Å². The van der Waals surface area contributed by atoms with Crippen LogP contribution in [0.15, 0.2) is 48.7 Å². The van der Waals surface area contributed by atoms with E-state index in [4.69, 9.17) is 0 Å². The fraction of sp³-hybridized carbons (Fsp3) is 0.267. The number of benzene rings is 1. The monoisotopic (exact) mass is 271 g/mol. The zero-order valence-electron chi connectivity index (χ0n) is 11.3. The largest absolute Gasteiger partial charge is 0.309 e. The topological polar surface area (TPSA) is 68.1 Å². The summed E-state index contributed by atoms with van der Waals surface area (Å²) in [7, 11) is 0. The summed E-state index contributed by atoms with van der Waals surface area (Å²) in [4.78, 5) is 14.5. The molecule has 1 atom stereocenters. The average Bonchev–Trinajstić information content (AvgIpc) is 2.48. The predicted octanol–water partition coefficient (Wildman–Crippen LogP) is 2.88. The maximum atomic E-state index is 10.6. The third kappa shape index (κ3) is 3.86. The molecule has 0 aliphatic rings. The molecule has 0 aliphatic heterocycles. The van der Waals surface area contributed by atoms with Gasteiger partial charge in [-0.3, -0.25) is 15.1 Å². The van der Waals surface area contributed by atoms with Gasteiger partial charge in [0.25, 0.3) is 5.69 Å². The zero-order valence-corrected chi connectivity index (χ0v) is 11.3. The number of nitro benzene ring substituents is 1. The molecule has 0 saturated heterocycles. The van der Waals surface area contributed by atoms with Crippen LogP contribution in [0.1, 0.15) is 24.2 Å². The molecule has 104 valence electrons. The first kappa shape index (κ1) is 14.1. The number of nitro groups is 1. The Morgan fingerprint density at radius 3 is 2.60 bits per heavy atom. The number of aromatic nitrogens is 1. The number of non-ortho nitro benzene ring substituents is 1. The molecule has 0 saturated carbocycles. The van der Waals surface area contributed by atoms with E-state index in [1.54, 1.807) is 18.3 Å². The van der Waals surface area contributed by atoms with E-state index in [9.17, 15) is 10.1 Å². The lowest BCUT2D eigenvalue weighted by atomic mass is 10.1. The Bertz CT molecular complexity index is 555. The second-order valence-corrected chi connectivity index (χ2v) is 4.60. The van der Waals surface area contributed by atoms with Crippen LogP contribution in [0.5, 0.6) is 0 Å². The van der Waals surface area contributed by atoms with E-state index in [1.165, 1.54) is 12.1 Å². The first-order valence-corrected chi connectivity index (χ1v) is 6.54. The zero-order chi connectivity index (χ0) is 14.4. The maximum Gasteiger partial charge on any atom is 0.269 e. The molecule has 5 heteroatoms. The van der Waals surface area contributed by atoms with E-state index >= 15 is 0 Å². The lowest BCUT2D eigenvalue weighted by Crippen LogP contribution is -2.22. The van der Waals surface area contributed by atoms with Gasteiger partial charge in [0, 0.05) is 24.4 Å². The summed E-state index contributed by atoms with van der Waals surface area (Å²) in [5.41, 5.74) is 2.22.